The third-order valence-corrected chi connectivity index (χ3v) is 3.74. The van der Waals surface area contributed by atoms with Gasteiger partial charge >= 0.3 is 6.03 Å². The van der Waals surface area contributed by atoms with Gasteiger partial charge in [-0.1, -0.05) is 0 Å². The van der Waals surface area contributed by atoms with Crippen molar-refractivity contribution in [3.63, 3.8) is 0 Å². The van der Waals surface area contributed by atoms with Gasteiger partial charge in [0.05, 0.1) is 6.54 Å². The van der Waals surface area contributed by atoms with E-state index in [1.165, 1.54) is 11.0 Å². The van der Waals surface area contributed by atoms with Gasteiger partial charge in [0.15, 0.2) is 11.6 Å². The lowest BCUT2D eigenvalue weighted by molar-refractivity contribution is -0.123. The molecule has 2 N–H and O–H groups in total. The van der Waals surface area contributed by atoms with Crippen LogP contribution >= 0.6 is 0 Å². The van der Waals surface area contributed by atoms with Gasteiger partial charge in [0.2, 0.25) is 0 Å². The molecular weight excluding hydrogens is 284 g/mol. The first-order chi connectivity index (χ1) is 9.91. The van der Waals surface area contributed by atoms with Gasteiger partial charge in [-0.15, -0.1) is 0 Å². The number of nitrogens with zero attached hydrogens (tertiary/aromatic N) is 1. The summed E-state index contributed by atoms with van der Waals surface area (Å²) in [5.74, 6) is -3.14. The van der Waals surface area contributed by atoms with E-state index in [2.05, 4.69) is 10.6 Å². The number of hydrogen-bond donors (Lipinski definition) is 2. The third-order valence-electron chi connectivity index (χ3n) is 3.74. The van der Waals surface area contributed by atoms with Crippen LogP contribution < -0.4 is 10.6 Å². The fourth-order valence-electron chi connectivity index (χ4n) is 2.61. The van der Waals surface area contributed by atoms with Gasteiger partial charge in [0.1, 0.15) is 5.54 Å². The Labute approximate surface area is 118 Å². The molecule has 1 unspecified atom stereocenters. The minimum Gasteiger partial charge on any atom is -0.336 e. The molecule has 2 aliphatic heterocycles. The molecule has 6 nitrogen and oxygen atoms in total. The van der Waals surface area contributed by atoms with E-state index in [1.807, 2.05) is 0 Å². The quantitative estimate of drug-likeness (QED) is 0.736. The average Bonchev–Trinajstić information content (AvgIpc) is 2.97. The second kappa shape index (κ2) is 4.51. The summed E-state index contributed by atoms with van der Waals surface area (Å²) in [4.78, 5) is 36.5. The van der Waals surface area contributed by atoms with E-state index < -0.39 is 35.0 Å². The highest BCUT2D eigenvalue weighted by Crippen LogP contribution is 2.26. The second-order valence-corrected chi connectivity index (χ2v) is 5.10. The number of imide groups is 1. The molecule has 3 rings (SSSR count). The fourth-order valence-corrected chi connectivity index (χ4v) is 2.61. The van der Waals surface area contributed by atoms with Gasteiger partial charge in [-0.3, -0.25) is 14.9 Å². The lowest BCUT2D eigenvalue weighted by atomic mass is 9.99. The summed E-state index contributed by atoms with van der Waals surface area (Å²) in [6, 6.07) is 2.27. The van der Waals surface area contributed by atoms with E-state index in [-0.39, 0.29) is 25.1 Å². The number of rotatable bonds is 1. The molecule has 8 heteroatoms. The number of nitrogens with one attached hydrogen (secondary N) is 2. The van der Waals surface area contributed by atoms with E-state index in [1.54, 1.807) is 0 Å². The Morgan fingerprint density at radius 1 is 1.24 bits per heavy atom. The molecule has 1 aromatic rings. The van der Waals surface area contributed by atoms with Crippen molar-refractivity contribution in [1.29, 1.82) is 0 Å². The Bertz CT molecular complexity index is 664. The number of halogens is 2. The van der Waals surface area contributed by atoms with Crippen LogP contribution in [0, 0.1) is 11.6 Å². The second-order valence-electron chi connectivity index (χ2n) is 5.10. The molecule has 1 atom stereocenters. The molecule has 0 aromatic heterocycles. The van der Waals surface area contributed by atoms with Gasteiger partial charge < -0.3 is 10.2 Å². The van der Waals surface area contributed by atoms with Crippen molar-refractivity contribution in [3.05, 3.63) is 35.4 Å². The largest absolute Gasteiger partial charge is 0.336 e. The molecule has 0 aliphatic carbocycles. The van der Waals surface area contributed by atoms with Crippen LogP contribution in [0.3, 0.4) is 0 Å². The Balaban J connectivity index is 1.80. The van der Waals surface area contributed by atoms with Crippen LogP contribution in [0.4, 0.5) is 13.6 Å². The van der Waals surface area contributed by atoms with Crippen molar-refractivity contribution in [2.45, 2.75) is 12.0 Å². The van der Waals surface area contributed by atoms with Crippen LogP contribution in [0.1, 0.15) is 16.8 Å². The van der Waals surface area contributed by atoms with Crippen molar-refractivity contribution in [2.24, 2.45) is 0 Å². The fraction of sp³-hybridized carbons (Fsp3) is 0.308. The first-order valence-electron chi connectivity index (χ1n) is 6.29. The lowest BCUT2D eigenvalue weighted by Crippen LogP contribution is -2.49. The van der Waals surface area contributed by atoms with E-state index in [0.717, 1.165) is 12.1 Å². The zero-order valence-electron chi connectivity index (χ0n) is 10.8. The summed E-state index contributed by atoms with van der Waals surface area (Å²) in [6.07, 6.45) is 0.278. The summed E-state index contributed by atoms with van der Waals surface area (Å²) in [7, 11) is 0. The van der Waals surface area contributed by atoms with E-state index in [4.69, 9.17) is 0 Å². The lowest BCUT2D eigenvalue weighted by Gasteiger charge is -2.21. The Kier molecular flexibility index (Phi) is 2.89. The van der Waals surface area contributed by atoms with E-state index >= 15 is 0 Å². The number of carbonyl (C=O) groups is 3. The SMILES string of the molecule is O=C1NC(=O)C2(CCN(C(=O)c3ccc(F)c(F)c3)C2)N1. The van der Waals surface area contributed by atoms with Crippen molar-refractivity contribution in [2.75, 3.05) is 13.1 Å². The molecule has 2 aliphatic rings. The summed E-state index contributed by atoms with van der Waals surface area (Å²) >= 11 is 0. The average molecular weight is 295 g/mol. The molecule has 2 heterocycles. The molecule has 2 saturated heterocycles. The van der Waals surface area contributed by atoms with Gasteiger partial charge in [-0.25, -0.2) is 13.6 Å². The van der Waals surface area contributed by atoms with Gasteiger partial charge in [-0.2, -0.15) is 0 Å². The Hall–Kier alpha value is -2.51. The molecule has 0 radical (unpaired) electrons. The topological polar surface area (TPSA) is 78.5 Å². The number of urea groups is 1. The first kappa shape index (κ1) is 13.5. The zero-order chi connectivity index (χ0) is 15.2. The minimum atomic E-state index is -1.12. The number of carbonyl (C=O) groups excluding carboxylic acids is 3. The summed E-state index contributed by atoms with van der Waals surface area (Å²) in [5, 5.41) is 4.64. The van der Waals surface area contributed by atoms with Crippen molar-refractivity contribution in [1.82, 2.24) is 15.5 Å². The highest BCUT2D eigenvalue weighted by atomic mass is 19.2. The monoisotopic (exact) mass is 295 g/mol. The summed E-state index contributed by atoms with van der Waals surface area (Å²) in [6.45, 7) is 0.244. The standard InChI is InChI=1S/C13H11F2N3O3/c14-8-2-1-7(5-9(8)15)10(19)18-4-3-13(6-18)11(20)16-12(21)17-13/h1-2,5H,3-4,6H2,(H2,16,17,20,21). The molecular formula is C13H11F2N3O3. The normalized spacial score (nSPS) is 24.4. The molecule has 0 bridgehead atoms. The minimum absolute atomic E-state index is 0.00238. The summed E-state index contributed by atoms with van der Waals surface area (Å²) in [5.41, 5.74) is -1.12. The maximum absolute atomic E-state index is 13.2. The molecule has 110 valence electrons. The van der Waals surface area contributed by atoms with Gasteiger partial charge in [-0.05, 0) is 24.6 Å². The van der Waals surface area contributed by atoms with Crippen LogP contribution in [-0.2, 0) is 4.79 Å². The smallest absolute Gasteiger partial charge is 0.322 e. The van der Waals surface area contributed by atoms with Crippen molar-refractivity contribution in [3.8, 4) is 0 Å². The van der Waals surface area contributed by atoms with Gasteiger partial charge in [0.25, 0.3) is 11.8 Å². The number of hydrogen-bond acceptors (Lipinski definition) is 3. The van der Waals surface area contributed by atoms with Gasteiger partial charge in [0, 0.05) is 12.1 Å². The number of likely N-dealkylation sites (tertiary alicyclic amines) is 1. The predicted molar refractivity (Wildman–Crippen MR) is 66.3 cm³/mol. The third kappa shape index (κ3) is 2.12. The summed E-state index contributed by atoms with van der Waals surface area (Å²) < 4.78 is 26.0. The highest BCUT2D eigenvalue weighted by Gasteiger charge is 2.51. The van der Waals surface area contributed by atoms with Crippen LogP contribution in [0.2, 0.25) is 0 Å². The van der Waals surface area contributed by atoms with Crippen molar-refractivity contribution < 1.29 is 23.2 Å². The molecule has 0 saturated carbocycles. The first-order valence-corrected chi connectivity index (χ1v) is 6.29. The number of amides is 4. The van der Waals surface area contributed by atoms with E-state index in [0.29, 0.717) is 0 Å². The van der Waals surface area contributed by atoms with Crippen LogP contribution in [-0.4, -0.2) is 41.4 Å². The highest BCUT2D eigenvalue weighted by molar-refractivity contribution is 6.08. The maximum Gasteiger partial charge on any atom is 0.322 e. The molecule has 2 fully saturated rings. The Morgan fingerprint density at radius 3 is 2.62 bits per heavy atom. The molecule has 4 amide bonds. The van der Waals surface area contributed by atoms with Crippen LogP contribution in [0.15, 0.2) is 18.2 Å². The zero-order valence-corrected chi connectivity index (χ0v) is 10.8. The number of benzene rings is 1. The Morgan fingerprint density at radius 2 is 2.00 bits per heavy atom. The maximum atomic E-state index is 13.2. The van der Waals surface area contributed by atoms with Crippen LogP contribution in [0.25, 0.3) is 0 Å². The predicted octanol–water partition coefficient (Wildman–Crippen LogP) is 0.389. The van der Waals surface area contributed by atoms with Crippen LogP contribution in [0.5, 0.6) is 0 Å². The molecule has 21 heavy (non-hydrogen) atoms. The van der Waals surface area contributed by atoms with E-state index in [9.17, 15) is 23.2 Å². The molecule has 1 spiro atoms. The molecule has 1 aromatic carbocycles. The van der Waals surface area contributed by atoms with Crippen molar-refractivity contribution >= 4 is 17.8 Å².